The number of aliphatic hydroxyl groups is 1. The van der Waals surface area contributed by atoms with Gasteiger partial charge in [-0.3, -0.25) is 0 Å². The van der Waals surface area contributed by atoms with Crippen molar-refractivity contribution in [3.8, 4) is 0 Å². The zero-order valence-corrected chi connectivity index (χ0v) is 12.7. The summed E-state index contributed by atoms with van der Waals surface area (Å²) in [5.74, 6) is 2.77. The van der Waals surface area contributed by atoms with E-state index in [1.165, 1.54) is 19.3 Å². The number of hydrogen-bond donors (Lipinski definition) is 1. The van der Waals surface area contributed by atoms with Gasteiger partial charge in [-0.05, 0) is 48.3 Å². The molecule has 0 amide bonds. The molecule has 5 unspecified atom stereocenters. The van der Waals surface area contributed by atoms with Gasteiger partial charge in [0, 0.05) is 0 Å². The van der Waals surface area contributed by atoms with E-state index >= 15 is 0 Å². The highest BCUT2D eigenvalue weighted by Gasteiger charge is 2.31. The lowest BCUT2D eigenvalue weighted by Gasteiger charge is -2.37. The predicted octanol–water partition coefficient (Wildman–Crippen LogP) is 4.49. The molecule has 1 fully saturated rings. The normalized spacial score (nSPS) is 34.4. The van der Waals surface area contributed by atoms with Crippen LogP contribution in [-0.2, 0) is 0 Å². The van der Waals surface area contributed by atoms with Crippen LogP contribution in [0.5, 0.6) is 0 Å². The minimum absolute atomic E-state index is 0.0841. The van der Waals surface area contributed by atoms with Crippen LogP contribution >= 0.6 is 0 Å². The van der Waals surface area contributed by atoms with Gasteiger partial charge in [0.25, 0.3) is 0 Å². The highest BCUT2D eigenvalue weighted by atomic mass is 16.3. The zero-order chi connectivity index (χ0) is 13.2. The Kier molecular flexibility index (Phi) is 5.07. The summed E-state index contributed by atoms with van der Waals surface area (Å²) in [5.41, 5.74) is 0.314. The van der Waals surface area contributed by atoms with E-state index in [4.69, 9.17) is 0 Å². The fourth-order valence-electron chi connectivity index (χ4n) is 2.85. The van der Waals surface area contributed by atoms with Crippen LogP contribution in [0.1, 0.15) is 67.2 Å². The molecule has 0 spiro atoms. The molecule has 1 heteroatoms. The van der Waals surface area contributed by atoms with Crippen LogP contribution in [0, 0.1) is 29.1 Å². The molecule has 0 aromatic carbocycles. The van der Waals surface area contributed by atoms with E-state index in [9.17, 15) is 5.11 Å². The second-order valence-electron chi connectivity index (χ2n) is 7.60. The van der Waals surface area contributed by atoms with E-state index < -0.39 is 0 Å². The van der Waals surface area contributed by atoms with Gasteiger partial charge in [0.15, 0.2) is 0 Å². The van der Waals surface area contributed by atoms with Crippen LogP contribution in [0.25, 0.3) is 0 Å². The minimum atomic E-state index is -0.0841. The Morgan fingerprint density at radius 1 is 1.12 bits per heavy atom. The number of hydrogen-bond acceptors (Lipinski definition) is 1. The van der Waals surface area contributed by atoms with E-state index in [2.05, 4.69) is 41.5 Å². The van der Waals surface area contributed by atoms with Gasteiger partial charge in [-0.15, -0.1) is 0 Å². The largest absolute Gasteiger partial charge is 0.393 e. The summed E-state index contributed by atoms with van der Waals surface area (Å²) >= 11 is 0. The van der Waals surface area contributed by atoms with Crippen LogP contribution in [0.2, 0.25) is 0 Å². The molecule has 102 valence electrons. The number of rotatable bonds is 3. The summed E-state index contributed by atoms with van der Waals surface area (Å²) in [4.78, 5) is 0. The van der Waals surface area contributed by atoms with Gasteiger partial charge in [0.05, 0.1) is 6.10 Å². The fourth-order valence-corrected chi connectivity index (χ4v) is 2.85. The van der Waals surface area contributed by atoms with Gasteiger partial charge in [-0.1, -0.05) is 48.0 Å². The third kappa shape index (κ3) is 4.28. The standard InChI is InChI=1S/C16H32O/c1-11-7-8-14(9-12(11)2)15(17)10-13(3)16(4,5)6/h11-15,17H,7-10H2,1-6H3. The molecule has 0 bridgehead atoms. The van der Waals surface area contributed by atoms with Crippen molar-refractivity contribution < 1.29 is 5.11 Å². The van der Waals surface area contributed by atoms with E-state index in [-0.39, 0.29) is 6.10 Å². The van der Waals surface area contributed by atoms with Crippen molar-refractivity contribution in [1.29, 1.82) is 0 Å². The highest BCUT2D eigenvalue weighted by Crippen LogP contribution is 2.38. The first-order valence-corrected chi connectivity index (χ1v) is 7.40. The molecule has 1 aliphatic rings. The molecule has 5 atom stereocenters. The Balaban J connectivity index is 2.46. The van der Waals surface area contributed by atoms with E-state index in [0.717, 1.165) is 18.3 Å². The Hall–Kier alpha value is -0.0400. The second kappa shape index (κ2) is 5.73. The van der Waals surface area contributed by atoms with Gasteiger partial charge in [0.2, 0.25) is 0 Å². The summed E-state index contributed by atoms with van der Waals surface area (Å²) in [6.45, 7) is 13.8. The molecule has 0 heterocycles. The molecule has 0 saturated heterocycles. The first-order chi connectivity index (χ1) is 7.71. The molecular weight excluding hydrogens is 208 g/mol. The van der Waals surface area contributed by atoms with Crippen molar-refractivity contribution in [2.24, 2.45) is 29.1 Å². The molecule has 17 heavy (non-hydrogen) atoms. The maximum atomic E-state index is 10.4. The Morgan fingerprint density at radius 2 is 1.71 bits per heavy atom. The van der Waals surface area contributed by atoms with Crippen molar-refractivity contribution in [3.05, 3.63) is 0 Å². The van der Waals surface area contributed by atoms with E-state index in [0.29, 0.717) is 17.3 Å². The van der Waals surface area contributed by atoms with Crippen molar-refractivity contribution >= 4 is 0 Å². The van der Waals surface area contributed by atoms with E-state index in [1.807, 2.05) is 0 Å². The monoisotopic (exact) mass is 240 g/mol. The van der Waals surface area contributed by atoms with Gasteiger partial charge >= 0.3 is 0 Å². The second-order valence-corrected chi connectivity index (χ2v) is 7.60. The average Bonchev–Trinajstić information content (AvgIpc) is 2.20. The first kappa shape index (κ1) is 15.0. The SMILES string of the molecule is CC1CCC(C(O)CC(C)C(C)(C)C)CC1C. The minimum Gasteiger partial charge on any atom is -0.393 e. The third-order valence-electron chi connectivity index (χ3n) is 5.26. The molecule has 1 aliphatic carbocycles. The smallest absolute Gasteiger partial charge is 0.0571 e. The summed E-state index contributed by atoms with van der Waals surface area (Å²) in [6.07, 6.45) is 4.63. The lowest BCUT2D eigenvalue weighted by atomic mass is 9.70. The van der Waals surface area contributed by atoms with Gasteiger partial charge < -0.3 is 5.11 Å². The van der Waals surface area contributed by atoms with Crippen LogP contribution in [0.3, 0.4) is 0 Å². The zero-order valence-electron chi connectivity index (χ0n) is 12.7. The maximum Gasteiger partial charge on any atom is 0.0571 e. The van der Waals surface area contributed by atoms with Crippen molar-refractivity contribution in [1.82, 2.24) is 0 Å². The fraction of sp³-hybridized carbons (Fsp3) is 1.00. The number of aliphatic hydroxyl groups excluding tert-OH is 1. The Labute approximate surface area is 108 Å². The van der Waals surface area contributed by atoms with Crippen LogP contribution in [0.4, 0.5) is 0 Å². The molecule has 0 aliphatic heterocycles. The van der Waals surface area contributed by atoms with Crippen LogP contribution in [-0.4, -0.2) is 11.2 Å². The molecule has 1 saturated carbocycles. The van der Waals surface area contributed by atoms with Crippen molar-refractivity contribution in [2.75, 3.05) is 0 Å². The van der Waals surface area contributed by atoms with Crippen molar-refractivity contribution in [3.63, 3.8) is 0 Å². The Morgan fingerprint density at radius 3 is 2.18 bits per heavy atom. The van der Waals surface area contributed by atoms with Gasteiger partial charge in [-0.25, -0.2) is 0 Å². The maximum absolute atomic E-state index is 10.4. The predicted molar refractivity (Wildman–Crippen MR) is 74.9 cm³/mol. The first-order valence-electron chi connectivity index (χ1n) is 7.40. The molecule has 0 radical (unpaired) electrons. The van der Waals surface area contributed by atoms with E-state index in [1.54, 1.807) is 0 Å². The molecule has 0 aromatic rings. The molecular formula is C16H32O. The van der Waals surface area contributed by atoms with Gasteiger partial charge in [0.1, 0.15) is 0 Å². The third-order valence-corrected chi connectivity index (χ3v) is 5.26. The summed E-state index contributed by atoms with van der Waals surface area (Å²) in [5, 5.41) is 10.4. The topological polar surface area (TPSA) is 20.2 Å². The van der Waals surface area contributed by atoms with Crippen LogP contribution in [0.15, 0.2) is 0 Å². The average molecular weight is 240 g/mol. The molecule has 1 nitrogen and oxygen atoms in total. The van der Waals surface area contributed by atoms with Crippen LogP contribution < -0.4 is 0 Å². The quantitative estimate of drug-likeness (QED) is 0.770. The van der Waals surface area contributed by atoms with Gasteiger partial charge in [-0.2, -0.15) is 0 Å². The molecule has 1 rings (SSSR count). The lowest BCUT2D eigenvalue weighted by molar-refractivity contribution is 0.0267. The van der Waals surface area contributed by atoms with Crippen molar-refractivity contribution in [2.45, 2.75) is 73.3 Å². The Bertz CT molecular complexity index is 228. The summed E-state index contributed by atoms with van der Waals surface area (Å²) in [6, 6.07) is 0. The highest BCUT2D eigenvalue weighted by molar-refractivity contribution is 4.82. The molecule has 0 aromatic heterocycles. The molecule has 1 N–H and O–H groups in total. The summed E-state index contributed by atoms with van der Waals surface area (Å²) < 4.78 is 0. The summed E-state index contributed by atoms with van der Waals surface area (Å²) in [7, 11) is 0. The lowest BCUT2D eigenvalue weighted by Crippen LogP contribution is -2.32.